The zero-order valence-corrected chi connectivity index (χ0v) is 15.2. The van der Waals surface area contributed by atoms with Crippen LogP contribution in [0.4, 0.5) is 0 Å². The third-order valence-corrected chi connectivity index (χ3v) is 4.86. The quantitative estimate of drug-likeness (QED) is 0.842. The highest BCUT2D eigenvalue weighted by atomic mass is 32.1. The van der Waals surface area contributed by atoms with Crippen molar-refractivity contribution in [3.05, 3.63) is 46.3 Å². The third kappa shape index (κ3) is 4.17. The standard InChI is InChI=1S/C18H21N3O3S/c1-20(2)17(22)13-3-4-16(19-11-13)24-15-5-8-21(9-6-15)18(23)14-7-10-25-12-14/h3-4,7,10-12,15H,5-6,8-9H2,1-2H3. The average Bonchev–Trinajstić information content (AvgIpc) is 3.16. The highest BCUT2D eigenvalue weighted by molar-refractivity contribution is 7.08. The Balaban J connectivity index is 1.52. The Bertz CT molecular complexity index is 721. The molecule has 132 valence electrons. The van der Waals surface area contributed by atoms with Crippen LogP contribution in [-0.2, 0) is 0 Å². The second-order valence-electron chi connectivity index (χ2n) is 6.21. The number of pyridine rings is 1. The lowest BCUT2D eigenvalue weighted by molar-refractivity contribution is 0.0588. The summed E-state index contributed by atoms with van der Waals surface area (Å²) in [5.41, 5.74) is 1.29. The number of hydrogen-bond donors (Lipinski definition) is 0. The van der Waals surface area contributed by atoms with Crippen molar-refractivity contribution in [2.75, 3.05) is 27.2 Å². The van der Waals surface area contributed by atoms with Gasteiger partial charge in [0.2, 0.25) is 5.88 Å². The molecular formula is C18H21N3O3S. The summed E-state index contributed by atoms with van der Waals surface area (Å²) in [6, 6.07) is 5.30. The molecule has 0 saturated carbocycles. The molecule has 7 heteroatoms. The third-order valence-electron chi connectivity index (χ3n) is 4.17. The minimum absolute atomic E-state index is 0.0365. The fourth-order valence-electron chi connectivity index (χ4n) is 2.75. The van der Waals surface area contributed by atoms with Gasteiger partial charge in [-0.25, -0.2) is 4.98 Å². The number of carbonyl (C=O) groups excluding carboxylic acids is 2. The van der Waals surface area contributed by atoms with Crippen molar-refractivity contribution >= 4 is 23.2 Å². The SMILES string of the molecule is CN(C)C(=O)c1ccc(OC2CCN(C(=O)c3ccsc3)CC2)nc1. The van der Waals surface area contributed by atoms with Crippen LogP contribution in [0.5, 0.6) is 5.88 Å². The van der Waals surface area contributed by atoms with Gasteiger partial charge >= 0.3 is 0 Å². The molecule has 6 nitrogen and oxygen atoms in total. The number of likely N-dealkylation sites (tertiary alicyclic amines) is 1. The number of piperidine rings is 1. The van der Waals surface area contributed by atoms with Crippen LogP contribution in [0.3, 0.4) is 0 Å². The number of rotatable bonds is 4. The van der Waals surface area contributed by atoms with Crippen LogP contribution in [0.1, 0.15) is 33.6 Å². The van der Waals surface area contributed by atoms with Gasteiger partial charge in [-0.15, -0.1) is 0 Å². The molecule has 1 saturated heterocycles. The molecule has 0 atom stereocenters. The Hall–Kier alpha value is -2.41. The van der Waals surface area contributed by atoms with E-state index in [0.29, 0.717) is 24.5 Å². The summed E-state index contributed by atoms with van der Waals surface area (Å²) < 4.78 is 5.90. The van der Waals surface area contributed by atoms with Crippen molar-refractivity contribution in [1.29, 1.82) is 0 Å². The van der Waals surface area contributed by atoms with E-state index in [4.69, 9.17) is 4.74 Å². The number of aromatic nitrogens is 1. The molecule has 0 radical (unpaired) electrons. The van der Waals surface area contributed by atoms with Gasteiger partial charge in [-0.1, -0.05) is 0 Å². The molecule has 0 aromatic carbocycles. The second kappa shape index (κ2) is 7.65. The summed E-state index contributed by atoms with van der Waals surface area (Å²) in [5, 5.41) is 3.80. The van der Waals surface area contributed by atoms with E-state index in [9.17, 15) is 9.59 Å². The molecule has 0 unspecified atom stereocenters. The molecule has 3 rings (SSSR count). The maximum absolute atomic E-state index is 12.3. The van der Waals surface area contributed by atoms with Crippen molar-refractivity contribution in [1.82, 2.24) is 14.8 Å². The molecule has 3 heterocycles. The van der Waals surface area contributed by atoms with Crippen LogP contribution in [-0.4, -0.2) is 59.9 Å². The van der Waals surface area contributed by atoms with E-state index in [1.807, 2.05) is 21.7 Å². The Morgan fingerprint density at radius 1 is 1.20 bits per heavy atom. The molecule has 0 bridgehead atoms. The molecule has 2 aromatic heterocycles. The van der Waals surface area contributed by atoms with Crippen molar-refractivity contribution in [2.24, 2.45) is 0 Å². The van der Waals surface area contributed by atoms with Crippen molar-refractivity contribution < 1.29 is 14.3 Å². The highest BCUT2D eigenvalue weighted by Crippen LogP contribution is 2.20. The first kappa shape index (κ1) is 17.4. The zero-order valence-electron chi connectivity index (χ0n) is 14.3. The number of nitrogens with zero attached hydrogens (tertiary/aromatic N) is 3. The number of hydrogen-bond acceptors (Lipinski definition) is 5. The van der Waals surface area contributed by atoms with E-state index in [1.54, 1.807) is 26.2 Å². The number of thiophene rings is 1. The minimum atomic E-state index is -0.0840. The monoisotopic (exact) mass is 359 g/mol. The van der Waals surface area contributed by atoms with Crippen LogP contribution in [0.2, 0.25) is 0 Å². The topological polar surface area (TPSA) is 62.7 Å². The Morgan fingerprint density at radius 2 is 1.96 bits per heavy atom. The molecule has 1 aliphatic rings. The summed E-state index contributed by atoms with van der Waals surface area (Å²) in [7, 11) is 3.41. The van der Waals surface area contributed by atoms with E-state index in [0.717, 1.165) is 18.4 Å². The Labute approximate surface area is 151 Å². The van der Waals surface area contributed by atoms with Crippen LogP contribution >= 0.6 is 11.3 Å². The lowest BCUT2D eigenvalue weighted by Crippen LogP contribution is -2.41. The maximum Gasteiger partial charge on any atom is 0.254 e. The van der Waals surface area contributed by atoms with E-state index >= 15 is 0 Å². The number of ether oxygens (including phenoxy) is 1. The van der Waals surface area contributed by atoms with Crippen LogP contribution in [0.25, 0.3) is 0 Å². The fraction of sp³-hybridized carbons (Fsp3) is 0.389. The smallest absolute Gasteiger partial charge is 0.254 e. The summed E-state index contributed by atoms with van der Waals surface area (Å²) >= 11 is 1.53. The van der Waals surface area contributed by atoms with E-state index < -0.39 is 0 Å². The Morgan fingerprint density at radius 3 is 2.52 bits per heavy atom. The molecule has 0 aliphatic carbocycles. The summed E-state index contributed by atoms with van der Waals surface area (Å²) in [4.78, 5) is 31.8. The molecule has 0 spiro atoms. The molecule has 2 amide bonds. The van der Waals surface area contributed by atoms with E-state index in [1.165, 1.54) is 22.4 Å². The van der Waals surface area contributed by atoms with E-state index in [2.05, 4.69) is 4.98 Å². The molecule has 1 fully saturated rings. The summed E-state index contributed by atoms with van der Waals surface area (Å²) in [6.45, 7) is 1.35. The largest absolute Gasteiger partial charge is 0.474 e. The van der Waals surface area contributed by atoms with Gasteiger partial charge in [0.15, 0.2) is 0 Å². The van der Waals surface area contributed by atoms with Crippen LogP contribution in [0, 0.1) is 0 Å². The van der Waals surface area contributed by atoms with Gasteiger partial charge in [-0.2, -0.15) is 11.3 Å². The summed E-state index contributed by atoms with van der Waals surface area (Å²) in [6.07, 6.45) is 3.12. The van der Waals surface area contributed by atoms with Gasteiger partial charge in [0.1, 0.15) is 6.10 Å². The lowest BCUT2D eigenvalue weighted by Gasteiger charge is -2.31. The predicted octanol–water partition coefficient (Wildman–Crippen LogP) is 2.53. The lowest BCUT2D eigenvalue weighted by atomic mass is 10.1. The fourth-order valence-corrected chi connectivity index (χ4v) is 3.38. The molecular weight excluding hydrogens is 338 g/mol. The van der Waals surface area contributed by atoms with Crippen molar-refractivity contribution in [3.63, 3.8) is 0 Å². The molecule has 25 heavy (non-hydrogen) atoms. The van der Waals surface area contributed by atoms with Gasteiger partial charge in [-0.05, 0) is 17.5 Å². The minimum Gasteiger partial charge on any atom is -0.474 e. The molecule has 0 N–H and O–H groups in total. The molecule has 1 aliphatic heterocycles. The highest BCUT2D eigenvalue weighted by Gasteiger charge is 2.25. The van der Waals surface area contributed by atoms with Gasteiger partial charge in [0.05, 0.1) is 11.1 Å². The maximum atomic E-state index is 12.3. The zero-order chi connectivity index (χ0) is 17.8. The van der Waals surface area contributed by atoms with Crippen LogP contribution < -0.4 is 4.74 Å². The second-order valence-corrected chi connectivity index (χ2v) is 6.99. The van der Waals surface area contributed by atoms with Gasteiger partial charge < -0.3 is 14.5 Å². The first-order chi connectivity index (χ1) is 12.0. The van der Waals surface area contributed by atoms with E-state index in [-0.39, 0.29) is 17.9 Å². The number of carbonyl (C=O) groups is 2. The van der Waals surface area contributed by atoms with Crippen molar-refractivity contribution in [2.45, 2.75) is 18.9 Å². The average molecular weight is 359 g/mol. The van der Waals surface area contributed by atoms with Crippen molar-refractivity contribution in [3.8, 4) is 5.88 Å². The predicted molar refractivity (Wildman–Crippen MR) is 96.1 cm³/mol. The van der Waals surface area contributed by atoms with Gasteiger partial charge in [-0.3, -0.25) is 9.59 Å². The first-order valence-corrected chi connectivity index (χ1v) is 9.14. The van der Waals surface area contributed by atoms with Gasteiger partial charge in [0, 0.05) is 57.7 Å². The Kier molecular flexibility index (Phi) is 5.33. The van der Waals surface area contributed by atoms with Crippen LogP contribution in [0.15, 0.2) is 35.2 Å². The molecule has 2 aromatic rings. The normalized spacial score (nSPS) is 15.0. The number of amides is 2. The van der Waals surface area contributed by atoms with Gasteiger partial charge in [0.25, 0.3) is 11.8 Å². The first-order valence-electron chi connectivity index (χ1n) is 8.20. The summed E-state index contributed by atoms with van der Waals surface area (Å²) in [5.74, 6) is 0.515.